The molecule has 1 aromatic rings. The smallest absolute Gasteiger partial charge is 0.213 e. The van der Waals surface area contributed by atoms with Crippen LogP contribution in [0.3, 0.4) is 0 Å². The van der Waals surface area contributed by atoms with Crippen LogP contribution in [0.25, 0.3) is 0 Å². The fourth-order valence-electron chi connectivity index (χ4n) is 1.59. The number of pyridine rings is 1. The third-order valence-electron chi connectivity index (χ3n) is 2.53. The maximum atomic E-state index is 13.5. The van der Waals surface area contributed by atoms with E-state index in [4.69, 9.17) is 21.5 Å². The van der Waals surface area contributed by atoms with Crippen LogP contribution in [0.4, 0.5) is 4.39 Å². The molecule has 4 nitrogen and oxygen atoms in total. The van der Waals surface area contributed by atoms with Crippen molar-refractivity contribution in [1.29, 1.82) is 0 Å². The Labute approximate surface area is 114 Å². The summed E-state index contributed by atoms with van der Waals surface area (Å²) in [6, 6.07) is 3.35. The zero-order valence-corrected chi connectivity index (χ0v) is 10.7. The molecule has 0 amide bonds. The third kappa shape index (κ3) is 3.79. The largest absolute Gasteiger partial charge is 0.467 e. The number of ether oxygens (including phenoxy) is 1. The molecule has 1 N–H and O–H groups in total. The normalized spacial score (nSPS) is 22.5. The molecule has 6 heteroatoms. The summed E-state index contributed by atoms with van der Waals surface area (Å²) in [5.41, 5.74) is 0.769. The first kappa shape index (κ1) is 13.5. The average Bonchev–Trinajstić information content (AvgIpc) is 2.43. The van der Waals surface area contributed by atoms with Crippen molar-refractivity contribution in [3.63, 3.8) is 0 Å². The van der Waals surface area contributed by atoms with Crippen LogP contribution in [-0.4, -0.2) is 27.6 Å². The van der Waals surface area contributed by atoms with Gasteiger partial charge >= 0.3 is 0 Å². The van der Waals surface area contributed by atoms with E-state index in [-0.39, 0.29) is 11.6 Å². The Hall–Kier alpha value is -1.88. The molecular formula is C13H12ClFN2O2. The Kier molecular flexibility index (Phi) is 4.52. The van der Waals surface area contributed by atoms with Crippen LogP contribution in [0, 0.1) is 0 Å². The number of hydrogen-bond donors (Lipinski definition) is 1. The monoisotopic (exact) mass is 282 g/mol. The molecule has 0 saturated heterocycles. The van der Waals surface area contributed by atoms with E-state index < -0.39 is 12.3 Å². The van der Waals surface area contributed by atoms with E-state index in [1.54, 1.807) is 36.6 Å². The van der Waals surface area contributed by atoms with Crippen molar-refractivity contribution in [3.8, 4) is 5.88 Å². The zero-order valence-electron chi connectivity index (χ0n) is 9.91. The van der Waals surface area contributed by atoms with Gasteiger partial charge in [-0.25, -0.2) is 9.37 Å². The number of oxime groups is 1. The average molecular weight is 283 g/mol. The lowest BCUT2D eigenvalue weighted by Crippen LogP contribution is -2.26. The number of alkyl halides is 1. The second-order valence-corrected chi connectivity index (χ2v) is 4.39. The van der Waals surface area contributed by atoms with Gasteiger partial charge in [0.15, 0.2) is 12.3 Å². The number of nitrogens with zero attached hydrogens (tertiary/aromatic N) is 2. The number of hydrogen-bond acceptors (Lipinski definition) is 4. The Bertz CT molecular complexity index is 514. The first-order chi connectivity index (χ1) is 9.19. The zero-order chi connectivity index (χ0) is 13.7. The summed E-state index contributed by atoms with van der Waals surface area (Å²) in [5, 5.41) is 11.4. The van der Waals surface area contributed by atoms with Gasteiger partial charge in [-0.15, -0.1) is 0 Å². The highest BCUT2D eigenvalue weighted by Gasteiger charge is 2.19. The number of aromatic nitrogens is 1. The lowest BCUT2D eigenvalue weighted by Gasteiger charge is -2.18. The molecule has 1 heterocycles. The molecule has 1 aliphatic carbocycles. The van der Waals surface area contributed by atoms with Gasteiger partial charge in [0.1, 0.15) is 5.17 Å². The molecule has 2 atom stereocenters. The molecule has 1 aromatic heterocycles. The Balaban J connectivity index is 1.99. The minimum Gasteiger partial charge on any atom is -0.467 e. The van der Waals surface area contributed by atoms with Crippen molar-refractivity contribution in [2.75, 3.05) is 0 Å². The van der Waals surface area contributed by atoms with E-state index in [2.05, 4.69) is 10.1 Å². The van der Waals surface area contributed by atoms with E-state index in [1.165, 1.54) is 6.08 Å². The Morgan fingerprint density at radius 1 is 1.42 bits per heavy atom. The fraction of sp³-hybridized carbons (Fsp3) is 0.231. The van der Waals surface area contributed by atoms with Crippen LogP contribution >= 0.6 is 11.6 Å². The van der Waals surface area contributed by atoms with E-state index in [0.29, 0.717) is 5.88 Å². The highest BCUT2D eigenvalue weighted by Crippen LogP contribution is 2.17. The van der Waals surface area contributed by atoms with Crippen molar-refractivity contribution >= 4 is 16.8 Å². The van der Waals surface area contributed by atoms with Crippen molar-refractivity contribution in [1.82, 2.24) is 4.98 Å². The van der Waals surface area contributed by atoms with Gasteiger partial charge in [0, 0.05) is 18.7 Å². The van der Waals surface area contributed by atoms with Crippen LogP contribution in [0.1, 0.15) is 5.56 Å². The first-order valence-corrected chi connectivity index (χ1v) is 6.04. The second-order valence-electron chi connectivity index (χ2n) is 3.95. The summed E-state index contributed by atoms with van der Waals surface area (Å²) >= 11 is 5.59. The van der Waals surface area contributed by atoms with Crippen molar-refractivity contribution in [3.05, 3.63) is 48.2 Å². The second kappa shape index (κ2) is 6.33. The first-order valence-electron chi connectivity index (χ1n) is 5.66. The molecule has 100 valence electrons. The molecule has 0 spiro atoms. The fourth-order valence-corrected chi connectivity index (χ4v) is 1.75. The summed E-state index contributed by atoms with van der Waals surface area (Å²) in [7, 11) is 0. The van der Waals surface area contributed by atoms with Gasteiger partial charge in [-0.3, -0.25) is 0 Å². The van der Waals surface area contributed by atoms with Gasteiger partial charge in [0.05, 0.1) is 0 Å². The Morgan fingerprint density at radius 3 is 2.84 bits per heavy atom. The van der Waals surface area contributed by atoms with Gasteiger partial charge in [0.2, 0.25) is 5.88 Å². The van der Waals surface area contributed by atoms with Crippen molar-refractivity contribution < 1.29 is 14.3 Å². The van der Waals surface area contributed by atoms with Crippen LogP contribution < -0.4 is 4.74 Å². The summed E-state index contributed by atoms with van der Waals surface area (Å²) < 4.78 is 18.9. The van der Waals surface area contributed by atoms with Crippen LogP contribution in [-0.2, 0) is 6.42 Å². The highest BCUT2D eigenvalue weighted by atomic mass is 35.5. The summed E-state index contributed by atoms with van der Waals surface area (Å²) in [6.07, 6.45) is 6.41. The van der Waals surface area contributed by atoms with E-state index in [9.17, 15) is 4.39 Å². The maximum absolute atomic E-state index is 13.5. The standard InChI is InChI=1S/C13H12ClFN2O2/c14-12(17-18)7-9-5-6-13(16-8-9)19-11-4-2-1-3-10(11)15/h1-6,8,10-11,18H,7H2/b17-12-. The number of halogens is 2. The minimum absolute atomic E-state index is 0.0691. The molecule has 2 unspecified atom stereocenters. The predicted octanol–water partition coefficient (Wildman–Crippen LogP) is 2.86. The SMILES string of the molecule is O/N=C(\Cl)Cc1ccc(OC2C=CC=CC2F)nc1. The van der Waals surface area contributed by atoms with Gasteiger partial charge in [0.25, 0.3) is 0 Å². The molecular weight excluding hydrogens is 271 g/mol. The number of rotatable bonds is 4. The lowest BCUT2D eigenvalue weighted by atomic mass is 10.1. The minimum atomic E-state index is -1.18. The van der Waals surface area contributed by atoms with Gasteiger partial charge < -0.3 is 9.94 Å². The van der Waals surface area contributed by atoms with Crippen molar-refractivity contribution in [2.24, 2.45) is 5.16 Å². The van der Waals surface area contributed by atoms with Gasteiger partial charge in [-0.1, -0.05) is 35.0 Å². The summed E-state index contributed by atoms with van der Waals surface area (Å²) in [5.74, 6) is 0.327. The van der Waals surface area contributed by atoms with Gasteiger partial charge in [-0.05, 0) is 17.7 Å². The van der Waals surface area contributed by atoms with Crippen LogP contribution in [0.15, 0.2) is 47.8 Å². The molecule has 0 aliphatic heterocycles. The van der Waals surface area contributed by atoms with Crippen LogP contribution in [0.5, 0.6) is 5.88 Å². The number of allylic oxidation sites excluding steroid dienone is 2. The quantitative estimate of drug-likeness (QED) is 0.525. The highest BCUT2D eigenvalue weighted by molar-refractivity contribution is 6.65. The lowest BCUT2D eigenvalue weighted by molar-refractivity contribution is 0.158. The predicted molar refractivity (Wildman–Crippen MR) is 70.6 cm³/mol. The summed E-state index contributed by atoms with van der Waals surface area (Å²) in [6.45, 7) is 0. The molecule has 0 aromatic carbocycles. The molecule has 1 aliphatic rings. The molecule has 0 saturated carbocycles. The molecule has 2 rings (SSSR count). The van der Waals surface area contributed by atoms with Crippen molar-refractivity contribution in [2.45, 2.75) is 18.7 Å². The van der Waals surface area contributed by atoms with E-state index in [0.717, 1.165) is 5.56 Å². The van der Waals surface area contributed by atoms with Crippen LogP contribution in [0.2, 0.25) is 0 Å². The third-order valence-corrected chi connectivity index (χ3v) is 2.74. The topological polar surface area (TPSA) is 54.7 Å². The Morgan fingerprint density at radius 2 is 2.21 bits per heavy atom. The molecule has 19 heavy (non-hydrogen) atoms. The van der Waals surface area contributed by atoms with E-state index >= 15 is 0 Å². The van der Waals surface area contributed by atoms with Gasteiger partial charge in [-0.2, -0.15) is 0 Å². The van der Waals surface area contributed by atoms with E-state index in [1.807, 2.05) is 0 Å². The maximum Gasteiger partial charge on any atom is 0.213 e. The summed E-state index contributed by atoms with van der Waals surface area (Å²) in [4.78, 5) is 4.05. The molecule has 0 bridgehead atoms. The molecule has 0 radical (unpaired) electrons. The molecule has 0 fully saturated rings.